The summed E-state index contributed by atoms with van der Waals surface area (Å²) in [6.07, 6.45) is 0.598. The predicted octanol–water partition coefficient (Wildman–Crippen LogP) is 3.82. The number of nitrogens with one attached hydrogen (secondary N) is 1. The third-order valence-electron chi connectivity index (χ3n) is 5.03. The first kappa shape index (κ1) is 22.0. The van der Waals surface area contributed by atoms with Crippen molar-refractivity contribution in [1.29, 1.82) is 0 Å². The zero-order valence-electron chi connectivity index (χ0n) is 17.0. The van der Waals surface area contributed by atoms with E-state index in [1.165, 1.54) is 23.3 Å². The summed E-state index contributed by atoms with van der Waals surface area (Å²) in [5.41, 5.74) is 8.59. The summed E-state index contributed by atoms with van der Waals surface area (Å²) in [7, 11) is 0. The number of hydrogen-bond donors (Lipinski definition) is 3. The smallest absolute Gasteiger partial charge is 0.126 e. The Kier molecular flexibility index (Phi) is 8.39. The van der Waals surface area contributed by atoms with E-state index in [0.29, 0.717) is 31.8 Å². The number of benzene rings is 3. The van der Waals surface area contributed by atoms with Gasteiger partial charge in [-0.25, -0.2) is 4.39 Å². The number of aryl methyl sites for hydroxylation is 1. The highest BCUT2D eigenvalue weighted by atomic mass is 19.1. The first-order chi connectivity index (χ1) is 14.7. The SMILES string of the molecule is NCc1ccccc1.O[C@H](CNCc1ccccc1)[C@@H]1CCc2cc(F)ccc2O1. The van der Waals surface area contributed by atoms with Crippen LogP contribution >= 0.6 is 0 Å². The molecule has 1 aliphatic rings. The van der Waals surface area contributed by atoms with Crippen molar-refractivity contribution < 1.29 is 14.2 Å². The molecule has 1 aliphatic heterocycles. The molecule has 0 unspecified atom stereocenters. The largest absolute Gasteiger partial charge is 0.487 e. The molecular weight excluding hydrogens is 379 g/mol. The number of halogens is 1. The monoisotopic (exact) mass is 408 g/mol. The lowest BCUT2D eigenvalue weighted by Crippen LogP contribution is -2.41. The molecule has 0 amide bonds. The van der Waals surface area contributed by atoms with Gasteiger partial charge in [0.05, 0.1) is 0 Å². The van der Waals surface area contributed by atoms with Gasteiger partial charge in [0.25, 0.3) is 0 Å². The summed E-state index contributed by atoms with van der Waals surface area (Å²) >= 11 is 0. The molecule has 0 saturated heterocycles. The Bertz CT molecular complexity index is 890. The fourth-order valence-electron chi connectivity index (χ4n) is 3.35. The Labute approximate surface area is 177 Å². The fourth-order valence-corrected chi connectivity index (χ4v) is 3.35. The molecule has 0 aromatic heterocycles. The number of nitrogens with two attached hydrogens (primary N) is 1. The van der Waals surface area contributed by atoms with E-state index in [9.17, 15) is 9.50 Å². The van der Waals surface area contributed by atoms with Gasteiger partial charge in [-0.05, 0) is 47.7 Å². The average molecular weight is 409 g/mol. The van der Waals surface area contributed by atoms with Crippen molar-refractivity contribution in [1.82, 2.24) is 5.32 Å². The maximum atomic E-state index is 13.2. The van der Waals surface area contributed by atoms with Gasteiger partial charge in [0, 0.05) is 19.6 Å². The van der Waals surface area contributed by atoms with Crippen LogP contribution in [0.1, 0.15) is 23.1 Å². The summed E-state index contributed by atoms with van der Waals surface area (Å²) in [5, 5.41) is 13.5. The van der Waals surface area contributed by atoms with Gasteiger partial charge in [-0.3, -0.25) is 0 Å². The lowest BCUT2D eigenvalue weighted by Gasteiger charge is -2.29. The minimum atomic E-state index is -0.582. The van der Waals surface area contributed by atoms with Crippen molar-refractivity contribution in [3.63, 3.8) is 0 Å². The molecule has 5 heteroatoms. The molecule has 0 spiro atoms. The van der Waals surface area contributed by atoms with Crippen LogP contribution in [-0.4, -0.2) is 23.9 Å². The van der Waals surface area contributed by atoms with Gasteiger partial charge in [0.1, 0.15) is 23.8 Å². The Hall–Kier alpha value is -2.73. The molecule has 4 nitrogen and oxygen atoms in total. The third kappa shape index (κ3) is 6.66. The molecule has 1 heterocycles. The number of aliphatic hydroxyl groups excluding tert-OH is 1. The Morgan fingerprint density at radius 2 is 1.67 bits per heavy atom. The first-order valence-electron chi connectivity index (χ1n) is 10.3. The zero-order valence-corrected chi connectivity index (χ0v) is 17.0. The highest BCUT2D eigenvalue weighted by Gasteiger charge is 2.26. The molecule has 3 aromatic carbocycles. The normalized spacial score (nSPS) is 15.9. The quantitative estimate of drug-likeness (QED) is 0.580. The average Bonchev–Trinajstić information content (AvgIpc) is 2.80. The molecule has 4 rings (SSSR count). The van der Waals surface area contributed by atoms with E-state index in [1.54, 1.807) is 6.07 Å². The van der Waals surface area contributed by atoms with Gasteiger partial charge in [-0.2, -0.15) is 0 Å². The second-order valence-corrected chi connectivity index (χ2v) is 7.32. The molecule has 30 heavy (non-hydrogen) atoms. The second kappa shape index (κ2) is 11.5. The standard InChI is InChI=1S/C18H20FNO2.C7H9N/c19-15-7-9-17-14(10-15)6-8-18(22-17)16(21)12-20-11-13-4-2-1-3-5-13;8-6-7-4-2-1-3-5-7/h1-5,7,9-10,16,18,20-21H,6,8,11-12H2;1-5H,6,8H2/t16-,18+;/m1./s1. The molecule has 0 fully saturated rings. The van der Waals surface area contributed by atoms with E-state index < -0.39 is 6.10 Å². The van der Waals surface area contributed by atoms with Crippen LogP contribution in [-0.2, 0) is 19.5 Å². The van der Waals surface area contributed by atoms with E-state index in [-0.39, 0.29) is 11.9 Å². The van der Waals surface area contributed by atoms with E-state index in [1.807, 2.05) is 60.7 Å². The van der Waals surface area contributed by atoms with Gasteiger partial charge in [-0.1, -0.05) is 60.7 Å². The minimum Gasteiger partial charge on any atom is -0.487 e. The van der Waals surface area contributed by atoms with Crippen LogP contribution in [0.2, 0.25) is 0 Å². The number of aliphatic hydroxyl groups is 1. The molecule has 0 saturated carbocycles. The summed E-state index contributed by atoms with van der Waals surface area (Å²) < 4.78 is 19.0. The first-order valence-corrected chi connectivity index (χ1v) is 10.3. The van der Waals surface area contributed by atoms with Crippen LogP contribution in [0.25, 0.3) is 0 Å². The molecule has 4 N–H and O–H groups in total. The van der Waals surface area contributed by atoms with Crippen LogP contribution in [0.3, 0.4) is 0 Å². The van der Waals surface area contributed by atoms with E-state index >= 15 is 0 Å². The Morgan fingerprint density at radius 1 is 1.00 bits per heavy atom. The highest BCUT2D eigenvalue weighted by molar-refractivity contribution is 5.36. The number of fused-ring (bicyclic) bond motifs is 1. The van der Waals surface area contributed by atoms with Gasteiger partial charge >= 0.3 is 0 Å². The van der Waals surface area contributed by atoms with Crippen molar-refractivity contribution >= 4 is 0 Å². The van der Waals surface area contributed by atoms with E-state index in [0.717, 1.165) is 12.0 Å². The highest BCUT2D eigenvalue weighted by Crippen LogP contribution is 2.29. The molecule has 0 bridgehead atoms. The van der Waals surface area contributed by atoms with E-state index in [4.69, 9.17) is 10.5 Å². The Morgan fingerprint density at radius 3 is 2.30 bits per heavy atom. The fraction of sp³-hybridized carbons (Fsp3) is 0.280. The molecule has 0 aliphatic carbocycles. The van der Waals surface area contributed by atoms with Gasteiger partial charge in [0.2, 0.25) is 0 Å². The maximum absolute atomic E-state index is 13.2. The topological polar surface area (TPSA) is 67.5 Å². The Balaban J connectivity index is 0.000000269. The van der Waals surface area contributed by atoms with E-state index in [2.05, 4.69) is 5.32 Å². The minimum absolute atomic E-state index is 0.245. The van der Waals surface area contributed by atoms with Crippen LogP contribution in [0.5, 0.6) is 5.75 Å². The van der Waals surface area contributed by atoms with Crippen molar-refractivity contribution in [3.8, 4) is 5.75 Å². The zero-order chi connectivity index (χ0) is 21.2. The van der Waals surface area contributed by atoms with Crippen LogP contribution in [0.15, 0.2) is 78.9 Å². The van der Waals surface area contributed by atoms with Gasteiger partial charge in [-0.15, -0.1) is 0 Å². The van der Waals surface area contributed by atoms with Crippen LogP contribution in [0.4, 0.5) is 4.39 Å². The second-order valence-electron chi connectivity index (χ2n) is 7.32. The molecule has 3 aromatic rings. The summed E-state index contributed by atoms with van der Waals surface area (Å²) in [5.74, 6) is 0.436. The van der Waals surface area contributed by atoms with Crippen molar-refractivity contribution in [2.24, 2.45) is 5.73 Å². The number of ether oxygens (including phenoxy) is 1. The predicted molar refractivity (Wildman–Crippen MR) is 118 cm³/mol. The summed E-state index contributed by atoms with van der Waals surface area (Å²) in [6, 6.07) is 24.6. The number of rotatable bonds is 6. The van der Waals surface area contributed by atoms with Gasteiger partial charge < -0.3 is 20.9 Å². The maximum Gasteiger partial charge on any atom is 0.126 e. The number of hydrogen-bond acceptors (Lipinski definition) is 4. The lowest BCUT2D eigenvalue weighted by atomic mass is 9.99. The molecular formula is C25H29FN2O2. The van der Waals surface area contributed by atoms with Crippen molar-refractivity contribution in [2.75, 3.05) is 6.54 Å². The summed E-state index contributed by atoms with van der Waals surface area (Å²) in [6.45, 7) is 1.82. The molecule has 0 radical (unpaired) electrons. The van der Waals surface area contributed by atoms with Gasteiger partial charge in [0.15, 0.2) is 0 Å². The summed E-state index contributed by atoms with van der Waals surface area (Å²) in [4.78, 5) is 0. The van der Waals surface area contributed by atoms with Crippen molar-refractivity contribution in [3.05, 3.63) is 101 Å². The molecule has 2 atom stereocenters. The third-order valence-corrected chi connectivity index (χ3v) is 5.03. The van der Waals surface area contributed by atoms with Crippen LogP contribution in [0, 0.1) is 5.82 Å². The van der Waals surface area contributed by atoms with Crippen molar-refractivity contribution in [2.45, 2.75) is 38.1 Å². The van der Waals surface area contributed by atoms with Crippen LogP contribution < -0.4 is 15.8 Å². The molecule has 158 valence electrons. The lowest BCUT2D eigenvalue weighted by molar-refractivity contribution is 0.0243.